The van der Waals surface area contributed by atoms with Crippen LogP contribution in [0.1, 0.15) is 33.6 Å². The summed E-state index contributed by atoms with van der Waals surface area (Å²) in [5.74, 6) is 0.366. The molecule has 2 heterocycles. The van der Waals surface area contributed by atoms with E-state index in [1.54, 1.807) is 4.90 Å². The highest BCUT2D eigenvalue weighted by atomic mass is 16.6. The van der Waals surface area contributed by atoms with Crippen LogP contribution in [-0.4, -0.2) is 66.8 Å². The third kappa shape index (κ3) is 3.87. The second-order valence-corrected chi connectivity index (χ2v) is 6.88. The topological polar surface area (TPSA) is 59.1 Å². The lowest BCUT2D eigenvalue weighted by atomic mass is 9.92. The van der Waals surface area contributed by atoms with Crippen molar-refractivity contribution >= 4 is 12.0 Å². The minimum absolute atomic E-state index is 0.0123. The Hall–Kier alpha value is -1.30. The Morgan fingerprint density at radius 2 is 1.95 bits per heavy atom. The molecule has 2 rings (SSSR count). The Kier molecular flexibility index (Phi) is 4.76. The fraction of sp³-hybridized carbons (Fsp3) is 0.867. The quantitative estimate of drug-likeness (QED) is 0.775. The average Bonchev–Trinajstić information content (AvgIpc) is 2.80. The molecular weight excluding hydrogens is 272 g/mol. The third-order valence-corrected chi connectivity index (χ3v) is 4.02. The van der Waals surface area contributed by atoms with Crippen LogP contribution in [0.5, 0.6) is 0 Å². The Morgan fingerprint density at radius 1 is 1.24 bits per heavy atom. The molecule has 0 aromatic heterocycles. The van der Waals surface area contributed by atoms with Crippen LogP contribution in [0.4, 0.5) is 4.79 Å². The molecule has 0 aromatic rings. The van der Waals surface area contributed by atoms with Crippen molar-refractivity contribution < 1.29 is 19.1 Å². The lowest BCUT2D eigenvalue weighted by molar-refractivity contribution is -0.139. The fourth-order valence-electron chi connectivity index (χ4n) is 3.17. The summed E-state index contributed by atoms with van der Waals surface area (Å²) in [4.78, 5) is 27.9. The summed E-state index contributed by atoms with van der Waals surface area (Å²) in [6.45, 7) is 7.69. The second kappa shape index (κ2) is 6.22. The van der Waals surface area contributed by atoms with Crippen LogP contribution in [0.2, 0.25) is 0 Å². The third-order valence-electron chi connectivity index (χ3n) is 4.02. The molecule has 2 aliphatic rings. The number of hydrogen-bond donors (Lipinski definition) is 0. The molecule has 2 fully saturated rings. The van der Waals surface area contributed by atoms with Gasteiger partial charge in [0.2, 0.25) is 5.91 Å². The smallest absolute Gasteiger partial charge is 0.410 e. The summed E-state index contributed by atoms with van der Waals surface area (Å²) < 4.78 is 10.4. The van der Waals surface area contributed by atoms with Crippen molar-refractivity contribution in [2.75, 3.05) is 33.4 Å². The number of rotatable bonds is 2. The van der Waals surface area contributed by atoms with Crippen LogP contribution >= 0.6 is 0 Å². The maximum atomic E-state index is 12.2. The Bertz CT molecular complexity index is 405. The summed E-state index contributed by atoms with van der Waals surface area (Å²) in [6, 6.07) is 0.105. The monoisotopic (exact) mass is 298 g/mol. The molecule has 2 atom stereocenters. The molecule has 2 saturated heterocycles. The van der Waals surface area contributed by atoms with Crippen molar-refractivity contribution in [1.29, 1.82) is 0 Å². The van der Waals surface area contributed by atoms with E-state index in [4.69, 9.17) is 9.47 Å². The number of methoxy groups -OCH3 is 1. The molecule has 0 saturated carbocycles. The normalized spacial score (nSPS) is 25.7. The van der Waals surface area contributed by atoms with E-state index in [0.29, 0.717) is 19.0 Å². The zero-order chi connectivity index (χ0) is 15.6. The van der Waals surface area contributed by atoms with Crippen molar-refractivity contribution in [2.45, 2.75) is 45.3 Å². The molecule has 6 nitrogen and oxygen atoms in total. The summed E-state index contributed by atoms with van der Waals surface area (Å²) in [6.07, 6.45) is 1.76. The number of ether oxygens (including phenoxy) is 2. The van der Waals surface area contributed by atoms with Gasteiger partial charge in [-0.3, -0.25) is 4.79 Å². The zero-order valence-corrected chi connectivity index (χ0v) is 13.4. The van der Waals surface area contributed by atoms with Gasteiger partial charge in [-0.2, -0.15) is 0 Å². The predicted octanol–water partition coefficient (Wildman–Crippen LogP) is 1.49. The van der Waals surface area contributed by atoms with Crippen LogP contribution in [0.25, 0.3) is 0 Å². The maximum absolute atomic E-state index is 12.2. The van der Waals surface area contributed by atoms with Gasteiger partial charge in [-0.05, 0) is 39.5 Å². The van der Waals surface area contributed by atoms with E-state index in [2.05, 4.69) is 0 Å². The first-order chi connectivity index (χ1) is 9.81. The Labute approximate surface area is 126 Å². The lowest BCUT2D eigenvalue weighted by Crippen LogP contribution is -2.49. The van der Waals surface area contributed by atoms with E-state index >= 15 is 0 Å². The Morgan fingerprint density at radius 3 is 2.57 bits per heavy atom. The van der Waals surface area contributed by atoms with E-state index < -0.39 is 5.60 Å². The van der Waals surface area contributed by atoms with Gasteiger partial charge in [0.25, 0.3) is 0 Å². The number of carbonyl (C=O) groups is 2. The highest BCUT2D eigenvalue weighted by molar-refractivity contribution is 5.78. The van der Waals surface area contributed by atoms with Gasteiger partial charge in [0, 0.05) is 26.7 Å². The van der Waals surface area contributed by atoms with Gasteiger partial charge in [-0.25, -0.2) is 4.79 Å². The van der Waals surface area contributed by atoms with Crippen LogP contribution in [0.15, 0.2) is 0 Å². The molecule has 0 spiro atoms. The highest BCUT2D eigenvalue weighted by Crippen LogP contribution is 2.31. The van der Waals surface area contributed by atoms with Gasteiger partial charge < -0.3 is 19.3 Å². The van der Waals surface area contributed by atoms with Gasteiger partial charge in [-0.15, -0.1) is 0 Å². The van der Waals surface area contributed by atoms with Gasteiger partial charge in [0.05, 0.1) is 6.04 Å². The standard InChI is InChI=1S/C15H26N2O4/c1-15(2,3)21-14(19)16-8-11-6-5-7-17(12(11)9-16)13(18)10-20-4/h11-12H,5-10H2,1-4H3/t11-,12+/m0/s1. The molecule has 2 aliphatic heterocycles. The highest BCUT2D eigenvalue weighted by Gasteiger charge is 2.43. The Balaban J connectivity index is 2.00. The minimum Gasteiger partial charge on any atom is -0.444 e. The SMILES string of the molecule is COCC(=O)N1CCC[C@H]2CN(C(=O)OC(C)(C)C)C[C@H]21. The first-order valence-electron chi connectivity index (χ1n) is 7.58. The molecule has 0 N–H and O–H groups in total. The number of nitrogens with zero attached hydrogens (tertiary/aromatic N) is 2. The molecule has 0 unspecified atom stereocenters. The summed E-state index contributed by atoms with van der Waals surface area (Å²) in [5, 5.41) is 0. The molecular formula is C15H26N2O4. The number of hydrogen-bond acceptors (Lipinski definition) is 4. The van der Waals surface area contributed by atoms with E-state index in [1.807, 2.05) is 25.7 Å². The molecule has 21 heavy (non-hydrogen) atoms. The van der Waals surface area contributed by atoms with Crippen LogP contribution < -0.4 is 0 Å². The predicted molar refractivity (Wildman–Crippen MR) is 77.9 cm³/mol. The van der Waals surface area contributed by atoms with Crippen LogP contribution in [0.3, 0.4) is 0 Å². The summed E-state index contributed by atoms with van der Waals surface area (Å²) >= 11 is 0. The number of likely N-dealkylation sites (tertiary alicyclic amines) is 2. The fourth-order valence-corrected chi connectivity index (χ4v) is 3.17. The van der Waals surface area contributed by atoms with Gasteiger partial charge in [-0.1, -0.05) is 0 Å². The molecule has 2 amide bonds. The first kappa shape index (κ1) is 16.1. The van der Waals surface area contributed by atoms with E-state index in [9.17, 15) is 9.59 Å². The van der Waals surface area contributed by atoms with Crippen molar-refractivity contribution in [3.8, 4) is 0 Å². The second-order valence-electron chi connectivity index (χ2n) is 6.88. The lowest BCUT2D eigenvalue weighted by Gasteiger charge is -2.36. The van der Waals surface area contributed by atoms with Crippen LogP contribution in [0, 0.1) is 5.92 Å². The molecule has 6 heteroatoms. The molecule has 0 aromatic carbocycles. The van der Waals surface area contributed by atoms with E-state index in [-0.39, 0.29) is 24.6 Å². The molecule has 120 valence electrons. The van der Waals surface area contributed by atoms with Crippen LogP contribution in [-0.2, 0) is 14.3 Å². The zero-order valence-electron chi connectivity index (χ0n) is 13.4. The van der Waals surface area contributed by atoms with Crippen molar-refractivity contribution in [1.82, 2.24) is 9.80 Å². The molecule has 0 aliphatic carbocycles. The average molecular weight is 298 g/mol. The van der Waals surface area contributed by atoms with E-state index in [0.717, 1.165) is 19.4 Å². The largest absolute Gasteiger partial charge is 0.444 e. The van der Waals surface area contributed by atoms with E-state index in [1.165, 1.54) is 7.11 Å². The van der Waals surface area contributed by atoms with Crippen molar-refractivity contribution in [3.63, 3.8) is 0 Å². The summed E-state index contributed by atoms with van der Waals surface area (Å²) in [5.41, 5.74) is -0.490. The summed E-state index contributed by atoms with van der Waals surface area (Å²) in [7, 11) is 1.53. The molecule has 0 bridgehead atoms. The van der Waals surface area contributed by atoms with Crippen molar-refractivity contribution in [3.05, 3.63) is 0 Å². The number of amides is 2. The van der Waals surface area contributed by atoms with Gasteiger partial charge in [0.1, 0.15) is 12.2 Å². The number of fused-ring (bicyclic) bond motifs is 1. The van der Waals surface area contributed by atoms with Crippen molar-refractivity contribution in [2.24, 2.45) is 5.92 Å². The minimum atomic E-state index is -0.490. The first-order valence-corrected chi connectivity index (χ1v) is 7.58. The van der Waals surface area contributed by atoms with Gasteiger partial charge in [0.15, 0.2) is 0 Å². The number of carbonyl (C=O) groups excluding carboxylic acids is 2. The maximum Gasteiger partial charge on any atom is 0.410 e. The number of piperidine rings is 1. The molecule has 0 radical (unpaired) electrons. The van der Waals surface area contributed by atoms with Gasteiger partial charge >= 0.3 is 6.09 Å².